The van der Waals surface area contributed by atoms with Crippen molar-refractivity contribution in [1.29, 1.82) is 0 Å². The number of aromatic amines is 1. The molecule has 0 spiro atoms. The summed E-state index contributed by atoms with van der Waals surface area (Å²) in [5.74, 6) is 0. The quantitative estimate of drug-likeness (QED) is 0.495. The Hall–Kier alpha value is -0.800. The molecule has 2 rings (SSSR count). The zero-order valence-electron chi connectivity index (χ0n) is 7.22. The van der Waals surface area contributed by atoms with Crippen LogP contribution in [-0.4, -0.2) is 4.98 Å². The summed E-state index contributed by atoms with van der Waals surface area (Å²) in [5, 5.41) is 0. The Morgan fingerprint density at radius 3 is 3.00 bits per heavy atom. The molecule has 1 heterocycles. The van der Waals surface area contributed by atoms with Crippen molar-refractivity contribution in [3.8, 4) is 0 Å². The second-order valence-electron chi connectivity index (χ2n) is 3.26. The number of halogens is 1. The first-order chi connectivity index (χ1) is 5.77. The Balaban J connectivity index is 0.000000845. The molecule has 0 saturated heterocycles. The maximum Gasteiger partial charge on any atom is 0.248 e. The van der Waals surface area contributed by atoms with Crippen molar-refractivity contribution in [3.63, 3.8) is 0 Å². The van der Waals surface area contributed by atoms with Crippen LogP contribution in [0.3, 0.4) is 0 Å². The molecule has 0 aromatic carbocycles. The maximum atomic E-state index is 11.0. The highest BCUT2D eigenvalue weighted by Gasteiger charge is 2.16. The standard InChI is InChI=1S/C9H12N2O.ClH/c10-7-2-1-3-8-6(7)4-5-9(12)11-8;/h4-5,7H,1-3,10H2,(H,11,12);1H/p-1. The number of fused-ring (bicyclic) bond motifs is 1. The lowest BCUT2D eigenvalue weighted by atomic mass is 9.92. The number of aromatic nitrogens is 1. The molecule has 1 atom stereocenters. The van der Waals surface area contributed by atoms with Crippen LogP contribution >= 0.6 is 0 Å². The lowest BCUT2D eigenvalue weighted by Gasteiger charge is -2.20. The fourth-order valence-corrected chi connectivity index (χ4v) is 1.74. The molecular formula is C9H12ClN2O-. The van der Waals surface area contributed by atoms with E-state index in [4.69, 9.17) is 5.73 Å². The SMILES string of the molecule is NC1CCCc2[nH]c(=O)ccc21.[Cl-]. The molecule has 0 aliphatic heterocycles. The van der Waals surface area contributed by atoms with E-state index in [0.29, 0.717) is 0 Å². The summed E-state index contributed by atoms with van der Waals surface area (Å²) >= 11 is 0. The van der Waals surface area contributed by atoms with Crippen LogP contribution in [0.4, 0.5) is 0 Å². The third-order valence-corrected chi connectivity index (χ3v) is 2.38. The fraction of sp³-hybridized carbons (Fsp3) is 0.444. The van der Waals surface area contributed by atoms with E-state index in [1.807, 2.05) is 6.07 Å². The molecule has 1 aromatic rings. The first-order valence-electron chi connectivity index (χ1n) is 4.25. The summed E-state index contributed by atoms with van der Waals surface area (Å²) < 4.78 is 0. The minimum atomic E-state index is -0.0251. The number of nitrogens with two attached hydrogens (primary N) is 1. The van der Waals surface area contributed by atoms with E-state index < -0.39 is 0 Å². The van der Waals surface area contributed by atoms with Gasteiger partial charge in [0.2, 0.25) is 5.56 Å². The average molecular weight is 200 g/mol. The molecule has 0 fully saturated rings. The zero-order chi connectivity index (χ0) is 8.55. The summed E-state index contributed by atoms with van der Waals surface area (Å²) in [4.78, 5) is 13.8. The number of rotatable bonds is 0. The van der Waals surface area contributed by atoms with Crippen LogP contribution in [0.15, 0.2) is 16.9 Å². The fourth-order valence-electron chi connectivity index (χ4n) is 1.74. The third-order valence-electron chi connectivity index (χ3n) is 2.38. The zero-order valence-corrected chi connectivity index (χ0v) is 7.97. The molecule has 3 nitrogen and oxygen atoms in total. The Morgan fingerprint density at radius 2 is 2.23 bits per heavy atom. The topological polar surface area (TPSA) is 58.9 Å². The predicted molar refractivity (Wildman–Crippen MR) is 46.9 cm³/mol. The minimum Gasteiger partial charge on any atom is -1.00 e. The summed E-state index contributed by atoms with van der Waals surface area (Å²) in [5.41, 5.74) is 7.99. The van der Waals surface area contributed by atoms with E-state index in [0.717, 1.165) is 30.5 Å². The van der Waals surface area contributed by atoms with Crippen molar-refractivity contribution in [2.75, 3.05) is 0 Å². The predicted octanol–water partition coefficient (Wildman–Crippen LogP) is -2.28. The summed E-state index contributed by atoms with van der Waals surface area (Å²) in [6, 6.07) is 3.51. The third kappa shape index (κ3) is 1.92. The second kappa shape index (κ2) is 3.94. The Bertz CT molecular complexity index is 348. The van der Waals surface area contributed by atoms with Crippen molar-refractivity contribution in [3.05, 3.63) is 33.7 Å². The van der Waals surface area contributed by atoms with Crippen LogP contribution in [0.1, 0.15) is 30.1 Å². The summed E-state index contributed by atoms with van der Waals surface area (Å²) in [6.07, 6.45) is 3.06. The lowest BCUT2D eigenvalue weighted by molar-refractivity contribution is -0.00000273. The van der Waals surface area contributed by atoms with E-state index >= 15 is 0 Å². The van der Waals surface area contributed by atoms with Crippen molar-refractivity contribution in [2.24, 2.45) is 5.73 Å². The van der Waals surface area contributed by atoms with Gasteiger partial charge < -0.3 is 23.1 Å². The van der Waals surface area contributed by atoms with Gasteiger partial charge in [-0.3, -0.25) is 4.79 Å². The average Bonchev–Trinajstić information content (AvgIpc) is 2.04. The van der Waals surface area contributed by atoms with Gasteiger partial charge in [-0.1, -0.05) is 6.07 Å². The van der Waals surface area contributed by atoms with Gasteiger partial charge in [0.1, 0.15) is 0 Å². The van der Waals surface area contributed by atoms with Gasteiger partial charge in [0.25, 0.3) is 0 Å². The van der Waals surface area contributed by atoms with Crippen LogP contribution in [0.2, 0.25) is 0 Å². The van der Waals surface area contributed by atoms with Crippen LogP contribution in [0.25, 0.3) is 0 Å². The number of nitrogens with one attached hydrogen (secondary N) is 1. The molecule has 1 unspecified atom stereocenters. The Labute approximate surface area is 82.8 Å². The summed E-state index contributed by atoms with van der Waals surface area (Å²) in [6.45, 7) is 0. The van der Waals surface area contributed by atoms with Crippen molar-refractivity contribution < 1.29 is 12.4 Å². The molecule has 4 heteroatoms. The van der Waals surface area contributed by atoms with Crippen LogP contribution < -0.4 is 23.7 Å². The number of aryl methyl sites for hydroxylation is 1. The molecule has 0 bridgehead atoms. The van der Waals surface area contributed by atoms with Gasteiger partial charge in [-0.05, 0) is 24.8 Å². The molecule has 13 heavy (non-hydrogen) atoms. The molecule has 1 aliphatic rings. The van der Waals surface area contributed by atoms with Gasteiger partial charge in [-0.25, -0.2) is 0 Å². The summed E-state index contributed by atoms with van der Waals surface area (Å²) in [7, 11) is 0. The van der Waals surface area contributed by atoms with Crippen molar-refractivity contribution in [2.45, 2.75) is 25.3 Å². The van der Waals surface area contributed by atoms with Gasteiger partial charge >= 0.3 is 0 Å². The van der Waals surface area contributed by atoms with Gasteiger partial charge in [0, 0.05) is 17.8 Å². The van der Waals surface area contributed by atoms with Crippen molar-refractivity contribution in [1.82, 2.24) is 4.98 Å². The van der Waals surface area contributed by atoms with Crippen molar-refractivity contribution >= 4 is 0 Å². The Morgan fingerprint density at radius 1 is 1.46 bits per heavy atom. The second-order valence-corrected chi connectivity index (χ2v) is 3.26. The molecule has 3 N–H and O–H groups in total. The Kier molecular flexibility index (Phi) is 3.12. The molecule has 0 saturated carbocycles. The number of hydrogen-bond donors (Lipinski definition) is 2. The van der Waals surface area contributed by atoms with E-state index in [-0.39, 0.29) is 24.0 Å². The van der Waals surface area contributed by atoms with E-state index in [1.165, 1.54) is 0 Å². The van der Waals surface area contributed by atoms with Gasteiger partial charge in [0.15, 0.2) is 0 Å². The van der Waals surface area contributed by atoms with Gasteiger partial charge in [-0.2, -0.15) is 0 Å². The first-order valence-corrected chi connectivity index (χ1v) is 4.25. The normalized spacial score (nSPS) is 20.2. The largest absolute Gasteiger partial charge is 1.00 e. The highest BCUT2D eigenvalue weighted by atomic mass is 35.5. The maximum absolute atomic E-state index is 11.0. The van der Waals surface area contributed by atoms with Gasteiger partial charge in [0.05, 0.1) is 0 Å². The first kappa shape index (κ1) is 10.3. The number of pyridine rings is 1. The van der Waals surface area contributed by atoms with Crippen LogP contribution in [-0.2, 0) is 6.42 Å². The van der Waals surface area contributed by atoms with Gasteiger partial charge in [-0.15, -0.1) is 0 Å². The highest BCUT2D eigenvalue weighted by molar-refractivity contribution is 5.25. The molecule has 0 radical (unpaired) electrons. The molecule has 1 aromatic heterocycles. The molecule has 72 valence electrons. The minimum absolute atomic E-state index is 0. The number of H-pyrrole nitrogens is 1. The number of hydrogen-bond acceptors (Lipinski definition) is 2. The molecule has 1 aliphatic carbocycles. The highest BCUT2D eigenvalue weighted by Crippen LogP contribution is 2.24. The monoisotopic (exact) mass is 199 g/mol. The van der Waals surface area contributed by atoms with Crippen LogP contribution in [0.5, 0.6) is 0 Å². The smallest absolute Gasteiger partial charge is 0.248 e. The lowest BCUT2D eigenvalue weighted by Crippen LogP contribution is -3.00. The molecular weight excluding hydrogens is 188 g/mol. The van der Waals surface area contributed by atoms with E-state index in [9.17, 15) is 4.79 Å². The molecule has 0 amide bonds. The van der Waals surface area contributed by atoms with E-state index in [2.05, 4.69) is 4.98 Å². The van der Waals surface area contributed by atoms with Crippen LogP contribution in [0, 0.1) is 0 Å². The van der Waals surface area contributed by atoms with E-state index in [1.54, 1.807) is 6.07 Å².